The lowest BCUT2D eigenvalue weighted by atomic mass is 9.33. The lowest BCUT2D eigenvalue weighted by molar-refractivity contribution is -0.202. The number of aliphatic hydroxyl groups is 1. The first-order valence-electron chi connectivity index (χ1n) is 13.5. The summed E-state index contributed by atoms with van der Waals surface area (Å²) in [5.41, 5.74) is 2.29. The highest BCUT2D eigenvalue weighted by molar-refractivity contribution is 5.95. The number of ketones is 1. The summed E-state index contributed by atoms with van der Waals surface area (Å²) < 4.78 is 0. The van der Waals surface area contributed by atoms with Crippen molar-refractivity contribution >= 4 is 5.78 Å². The van der Waals surface area contributed by atoms with Crippen molar-refractivity contribution < 1.29 is 9.90 Å². The molecule has 2 nitrogen and oxygen atoms in total. The molecule has 0 bridgehead atoms. The molecule has 1 N–H and O–H groups in total. The molecule has 8 atom stereocenters. The zero-order chi connectivity index (χ0) is 23.5. The molecule has 0 amide bonds. The quantitative estimate of drug-likeness (QED) is 0.427. The van der Waals surface area contributed by atoms with Crippen LogP contribution in [0.2, 0.25) is 0 Å². The van der Waals surface area contributed by atoms with Crippen LogP contribution in [0.4, 0.5) is 0 Å². The number of allylic oxidation sites excluding steroid dienone is 2. The summed E-state index contributed by atoms with van der Waals surface area (Å²) in [6, 6.07) is 0. The molecule has 5 aliphatic rings. The van der Waals surface area contributed by atoms with Gasteiger partial charge < -0.3 is 5.11 Å². The summed E-state index contributed by atoms with van der Waals surface area (Å²) >= 11 is 0. The first-order chi connectivity index (χ1) is 14.6. The predicted molar refractivity (Wildman–Crippen MR) is 131 cm³/mol. The van der Waals surface area contributed by atoms with Gasteiger partial charge in [0.15, 0.2) is 5.78 Å². The summed E-state index contributed by atoms with van der Waals surface area (Å²) in [7, 11) is 0. The second kappa shape index (κ2) is 6.52. The van der Waals surface area contributed by atoms with Gasteiger partial charge in [-0.05, 0) is 108 Å². The molecule has 2 heteroatoms. The van der Waals surface area contributed by atoms with Crippen LogP contribution in [0.1, 0.15) is 113 Å². The number of carbonyl (C=O) groups is 1. The Morgan fingerprint density at radius 1 is 0.844 bits per heavy atom. The minimum atomic E-state index is -0.245. The minimum Gasteiger partial charge on any atom is -0.393 e. The van der Waals surface area contributed by atoms with E-state index in [1.807, 2.05) is 0 Å². The standard InChI is InChI=1S/C30H48O2/c1-25(2)13-14-27(5)15-16-29(7)19(20(27)18-25)17-21(31)24-28(6)11-10-23(32)26(3,4)22(28)9-12-30(24,29)8/h17,20,22-24,32H,9-16,18H2,1-8H3/t20-,22-,23-,24-,27+,28-,29+,30+/m0/s1. The van der Waals surface area contributed by atoms with Gasteiger partial charge in [0.25, 0.3) is 0 Å². The molecule has 0 aromatic rings. The van der Waals surface area contributed by atoms with E-state index in [-0.39, 0.29) is 33.7 Å². The minimum absolute atomic E-state index is 0.00948. The molecule has 5 rings (SSSR count). The summed E-state index contributed by atoms with van der Waals surface area (Å²) in [6.07, 6.45) is 12.4. The van der Waals surface area contributed by atoms with E-state index in [4.69, 9.17) is 0 Å². The van der Waals surface area contributed by atoms with E-state index in [2.05, 4.69) is 61.5 Å². The Balaban J connectivity index is 1.63. The maximum absolute atomic E-state index is 14.2. The Kier molecular flexibility index (Phi) is 4.71. The molecular formula is C30H48O2. The van der Waals surface area contributed by atoms with E-state index in [9.17, 15) is 9.90 Å². The molecule has 4 fully saturated rings. The molecule has 5 aliphatic carbocycles. The first-order valence-corrected chi connectivity index (χ1v) is 13.5. The maximum Gasteiger partial charge on any atom is 0.159 e. The van der Waals surface area contributed by atoms with Crippen LogP contribution in [0.25, 0.3) is 0 Å². The van der Waals surface area contributed by atoms with Crippen LogP contribution >= 0.6 is 0 Å². The first kappa shape index (κ1) is 23.1. The van der Waals surface area contributed by atoms with Gasteiger partial charge in [0.2, 0.25) is 0 Å². The number of rotatable bonds is 0. The third kappa shape index (κ3) is 2.71. The predicted octanol–water partition coefficient (Wildman–Crippen LogP) is 7.35. The van der Waals surface area contributed by atoms with Crippen LogP contribution in [0.3, 0.4) is 0 Å². The maximum atomic E-state index is 14.2. The van der Waals surface area contributed by atoms with Crippen molar-refractivity contribution in [3.63, 3.8) is 0 Å². The zero-order valence-electron chi connectivity index (χ0n) is 22.1. The topological polar surface area (TPSA) is 37.3 Å². The van der Waals surface area contributed by atoms with Crippen molar-refractivity contribution in [1.82, 2.24) is 0 Å². The van der Waals surface area contributed by atoms with Crippen molar-refractivity contribution in [2.75, 3.05) is 0 Å². The molecule has 0 radical (unpaired) electrons. The Labute approximate surface area is 197 Å². The lowest BCUT2D eigenvalue weighted by Gasteiger charge is -2.70. The molecule has 0 spiro atoms. The van der Waals surface area contributed by atoms with Gasteiger partial charge in [-0.1, -0.05) is 61.0 Å². The van der Waals surface area contributed by atoms with E-state index >= 15 is 0 Å². The number of hydrogen-bond acceptors (Lipinski definition) is 2. The van der Waals surface area contributed by atoms with Crippen molar-refractivity contribution in [1.29, 1.82) is 0 Å². The van der Waals surface area contributed by atoms with E-state index in [0.717, 1.165) is 25.7 Å². The molecule has 0 aromatic heterocycles. The molecule has 180 valence electrons. The fourth-order valence-electron chi connectivity index (χ4n) is 10.3. The second-order valence-corrected chi connectivity index (χ2v) is 15.2. The molecule has 0 aromatic carbocycles. The number of fused-ring (bicyclic) bond motifs is 7. The van der Waals surface area contributed by atoms with Crippen molar-refractivity contribution in [3.8, 4) is 0 Å². The van der Waals surface area contributed by atoms with Crippen LogP contribution in [-0.4, -0.2) is 17.0 Å². The van der Waals surface area contributed by atoms with Gasteiger partial charge in [0.1, 0.15) is 0 Å². The molecule has 0 saturated heterocycles. The largest absolute Gasteiger partial charge is 0.393 e. The van der Waals surface area contributed by atoms with Gasteiger partial charge in [0, 0.05) is 5.92 Å². The van der Waals surface area contributed by atoms with Crippen molar-refractivity contribution in [2.45, 2.75) is 119 Å². The van der Waals surface area contributed by atoms with E-state index in [0.29, 0.717) is 28.4 Å². The SMILES string of the molecule is CC1(C)CC[C@]2(C)CC[C@]3(C)C(=CC(=O)[C@H]4[C@@]5(C)CC[C@H](O)C(C)(C)[C@@H]5CC[C@]43C)[C@@H]2C1. The Hall–Kier alpha value is -0.630. The summed E-state index contributed by atoms with van der Waals surface area (Å²) in [6.45, 7) is 19.4. The number of hydrogen-bond donors (Lipinski definition) is 1. The van der Waals surface area contributed by atoms with Gasteiger partial charge >= 0.3 is 0 Å². The molecule has 0 heterocycles. The zero-order valence-corrected chi connectivity index (χ0v) is 22.1. The van der Waals surface area contributed by atoms with E-state index in [1.54, 1.807) is 0 Å². The van der Waals surface area contributed by atoms with Crippen LogP contribution in [0.5, 0.6) is 0 Å². The second-order valence-electron chi connectivity index (χ2n) is 15.2. The highest BCUT2D eigenvalue weighted by Crippen LogP contribution is 2.75. The highest BCUT2D eigenvalue weighted by atomic mass is 16.3. The summed E-state index contributed by atoms with van der Waals surface area (Å²) in [4.78, 5) is 14.2. The highest BCUT2D eigenvalue weighted by Gasteiger charge is 2.69. The molecule has 4 saturated carbocycles. The normalized spacial score (nSPS) is 53.9. The fraction of sp³-hybridized carbons (Fsp3) is 0.900. The van der Waals surface area contributed by atoms with Gasteiger partial charge in [-0.15, -0.1) is 0 Å². The molecule has 32 heavy (non-hydrogen) atoms. The van der Waals surface area contributed by atoms with E-state index in [1.165, 1.54) is 37.7 Å². The van der Waals surface area contributed by atoms with Crippen molar-refractivity contribution in [3.05, 3.63) is 11.6 Å². The van der Waals surface area contributed by atoms with Crippen LogP contribution in [0, 0.1) is 50.2 Å². The fourth-order valence-corrected chi connectivity index (χ4v) is 10.3. The van der Waals surface area contributed by atoms with Crippen LogP contribution < -0.4 is 0 Å². The van der Waals surface area contributed by atoms with Crippen LogP contribution in [0.15, 0.2) is 11.6 Å². The lowest BCUT2D eigenvalue weighted by Crippen LogP contribution is -2.66. The third-order valence-electron chi connectivity index (χ3n) is 12.8. The van der Waals surface area contributed by atoms with Crippen LogP contribution in [-0.2, 0) is 4.79 Å². The van der Waals surface area contributed by atoms with Gasteiger partial charge in [-0.2, -0.15) is 0 Å². The number of aliphatic hydroxyl groups excluding tert-OH is 1. The third-order valence-corrected chi connectivity index (χ3v) is 12.8. The van der Waals surface area contributed by atoms with Gasteiger partial charge in [0.05, 0.1) is 6.10 Å². The molecular weight excluding hydrogens is 392 g/mol. The Morgan fingerprint density at radius 3 is 2.19 bits per heavy atom. The summed E-state index contributed by atoms with van der Waals surface area (Å²) in [5.74, 6) is 1.49. The van der Waals surface area contributed by atoms with Gasteiger partial charge in [-0.25, -0.2) is 0 Å². The van der Waals surface area contributed by atoms with Crippen molar-refractivity contribution in [2.24, 2.45) is 50.2 Å². The summed E-state index contributed by atoms with van der Waals surface area (Å²) in [5, 5.41) is 10.9. The van der Waals surface area contributed by atoms with Gasteiger partial charge in [-0.3, -0.25) is 4.79 Å². The smallest absolute Gasteiger partial charge is 0.159 e. The average Bonchev–Trinajstić information content (AvgIpc) is 2.68. The monoisotopic (exact) mass is 440 g/mol. The molecule has 0 aliphatic heterocycles. The molecule has 0 unspecified atom stereocenters. The Morgan fingerprint density at radius 2 is 1.50 bits per heavy atom. The number of carbonyl (C=O) groups excluding carboxylic acids is 1. The Bertz CT molecular complexity index is 866. The van der Waals surface area contributed by atoms with E-state index < -0.39 is 0 Å². The average molecular weight is 441 g/mol.